The van der Waals surface area contributed by atoms with Gasteiger partial charge in [-0.25, -0.2) is 10.8 Å². The first-order valence-electron chi connectivity index (χ1n) is 7.70. The molecule has 118 valence electrons. The number of fused-ring (bicyclic) bond motifs is 1. The first-order valence-corrected chi connectivity index (χ1v) is 7.70. The van der Waals surface area contributed by atoms with Crippen LogP contribution in [-0.2, 0) is 6.54 Å². The highest BCUT2D eigenvalue weighted by Crippen LogP contribution is 2.39. The van der Waals surface area contributed by atoms with Crippen molar-refractivity contribution in [3.63, 3.8) is 0 Å². The molecule has 3 rings (SSSR count). The molecule has 2 aromatic heterocycles. The summed E-state index contributed by atoms with van der Waals surface area (Å²) < 4.78 is 2.08. The Labute approximate surface area is 130 Å². The maximum Gasteiger partial charge on any atom is 0.137 e. The largest absolute Gasteiger partial charge is 0.400 e. The van der Waals surface area contributed by atoms with Crippen LogP contribution < -0.4 is 16.9 Å². The number of hydrogen-bond acceptors (Lipinski definition) is 5. The van der Waals surface area contributed by atoms with Gasteiger partial charge in [0, 0.05) is 30.3 Å². The van der Waals surface area contributed by atoms with Crippen molar-refractivity contribution < 1.29 is 0 Å². The topological polar surface area (TPSA) is 84.6 Å². The molecule has 1 saturated carbocycles. The van der Waals surface area contributed by atoms with E-state index in [1.807, 2.05) is 20.2 Å². The lowest BCUT2D eigenvalue weighted by Crippen LogP contribution is -2.32. The summed E-state index contributed by atoms with van der Waals surface area (Å²) in [4.78, 5) is 4.60. The van der Waals surface area contributed by atoms with E-state index in [4.69, 9.17) is 11.6 Å². The normalized spacial score (nSPS) is 17.0. The predicted molar refractivity (Wildman–Crippen MR) is 87.7 cm³/mol. The number of hydrazine groups is 1. The van der Waals surface area contributed by atoms with Crippen LogP contribution >= 0.6 is 0 Å². The maximum absolute atomic E-state index is 6.01. The van der Waals surface area contributed by atoms with E-state index in [0.717, 1.165) is 17.3 Å². The third-order valence-electron chi connectivity index (χ3n) is 4.17. The monoisotopic (exact) mass is 300 g/mol. The van der Waals surface area contributed by atoms with Gasteiger partial charge in [0.25, 0.3) is 0 Å². The summed E-state index contributed by atoms with van der Waals surface area (Å²) in [5.74, 6) is 6.75. The molecular weight excluding hydrogens is 276 g/mol. The molecule has 0 amide bonds. The fourth-order valence-electron chi connectivity index (χ4n) is 2.50. The summed E-state index contributed by atoms with van der Waals surface area (Å²) in [7, 11) is 1.87. The summed E-state index contributed by atoms with van der Waals surface area (Å²) >= 11 is 0. The van der Waals surface area contributed by atoms with Gasteiger partial charge in [0.2, 0.25) is 0 Å². The summed E-state index contributed by atoms with van der Waals surface area (Å²) in [5, 5.41) is 4.66. The molecule has 1 aliphatic rings. The van der Waals surface area contributed by atoms with Gasteiger partial charge >= 0.3 is 0 Å². The lowest BCUT2D eigenvalue weighted by atomic mass is 10.2. The Morgan fingerprint density at radius 3 is 2.95 bits per heavy atom. The molecule has 22 heavy (non-hydrogen) atoms. The fraction of sp³-hybridized carbons (Fsp3) is 0.438. The van der Waals surface area contributed by atoms with Crippen LogP contribution in [0.1, 0.15) is 36.9 Å². The molecule has 0 aromatic carbocycles. The highest BCUT2D eigenvalue weighted by atomic mass is 15.4. The molecule has 5 N–H and O–H groups in total. The molecule has 6 heteroatoms. The van der Waals surface area contributed by atoms with E-state index in [0.29, 0.717) is 12.2 Å². The number of nitrogens with zero attached hydrogens (tertiary/aromatic N) is 3. The van der Waals surface area contributed by atoms with Gasteiger partial charge in [0.1, 0.15) is 5.65 Å². The van der Waals surface area contributed by atoms with E-state index in [1.165, 1.54) is 18.4 Å². The van der Waals surface area contributed by atoms with E-state index in [1.54, 1.807) is 11.2 Å². The second-order valence-electron chi connectivity index (χ2n) is 6.05. The van der Waals surface area contributed by atoms with Gasteiger partial charge in [0.15, 0.2) is 0 Å². The smallest absolute Gasteiger partial charge is 0.137 e. The minimum absolute atomic E-state index is 0.0909. The molecule has 1 fully saturated rings. The van der Waals surface area contributed by atoms with Gasteiger partial charge in [-0.2, -0.15) is 0 Å². The van der Waals surface area contributed by atoms with Crippen LogP contribution in [0.15, 0.2) is 36.4 Å². The van der Waals surface area contributed by atoms with Crippen molar-refractivity contribution in [2.45, 2.75) is 38.3 Å². The molecule has 6 nitrogen and oxygen atoms in total. The first-order chi connectivity index (χ1) is 10.6. The van der Waals surface area contributed by atoms with Crippen LogP contribution in [0, 0.1) is 0 Å². The van der Waals surface area contributed by atoms with Crippen molar-refractivity contribution >= 4 is 5.65 Å². The standard InChI is InChI=1S/C16H24N6/c1-11(19-2)15(17)10-22(18)9-14-8-21-7-13(12-3-4-12)5-6-16(21)20-14/h5-8,10-12,19H,3-4,9,17-18H2,1-2H3/b15-10-. The summed E-state index contributed by atoms with van der Waals surface area (Å²) in [6.45, 7) is 2.52. The number of rotatable bonds is 6. The number of hydrogen-bond donors (Lipinski definition) is 3. The maximum atomic E-state index is 6.01. The van der Waals surface area contributed by atoms with Crippen molar-refractivity contribution in [1.29, 1.82) is 0 Å². The van der Waals surface area contributed by atoms with Gasteiger partial charge in [-0.15, -0.1) is 0 Å². The van der Waals surface area contributed by atoms with Crippen LogP contribution in [0.3, 0.4) is 0 Å². The molecule has 0 radical (unpaired) electrons. The van der Waals surface area contributed by atoms with Crippen LogP contribution in [0.5, 0.6) is 0 Å². The lowest BCUT2D eigenvalue weighted by Gasteiger charge is -2.16. The van der Waals surface area contributed by atoms with Gasteiger partial charge in [0.05, 0.1) is 12.2 Å². The zero-order chi connectivity index (χ0) is 15.7. The molecule has 0 spiro atoms. The van der Waals surface area contributed by atoms with Crippen molar-refractivity contribution in [3.05, 3.63) is 47.7 Å². The van der Waals surface area contributed by atoms with Crippen molar-refractivity contribution in [2.24, 2.45) is 11.6 Å². The minimum Gasteiger partial charge on any atom is -0.400 e. The van der Waals surface area contributed by atoms with E-state index in [9.17, 15) is 0 Å². The summed E-state index contributed by atoms with van der Waals surface area (Å²) in [6.07, 6.45) is 8.57. The second-order valence-corrected chi connectivity index (χ2v) is 6.05. The Morgan fingerprint density at radius 2 is 2.27 bits per heavy atom. The van der Waals surface area contributed by atoms with Crippen LogP contribution in [0.25, 0.3) is 5.65 Å². The molecule has 2 aromatic rings. The summed E-state index contributed by atoms with van der Waals surface area (Å²) in [5.41, 5.74) is 9.94. The fourth-order valence-corrected chi connectivity index (χ4v) is 2.50. The van der Waals surface area contributed by atoms with E-state index >= 15 is 0 Å². The third-order valence-corrected chi connectivity index (χ3v) is 4.17. The first kappa shape index (κ1) is 14.9. The predicted octanol–water partition coefficient (Wildman–Crippen LogP) is 1.30. The van der Waals surface area contributed by atoms with Crippen molar-refractivity contribution in [1.82, 2.24) is 19.7 Å². The lowest BCUT2D eigenvalue weighted by molar-refractivity contribution is 0.375. The molecular formula is C16H24N6. The van der Waals surface area contributed by atoms with Gasteiger partial charge in [-0.3, -0.25) is 0 Å². The van der Waals surface area contributed by atoms with Crippen molar-refractivity contribution in [3.8, 4) is 0 Å². The van der Waals surface area contributed by atoms with E-state index < -0.39 is 0 Å². The number of aromatic nitrogens is 2. The second kappa shape index (κ2) is 5.98. The SMILES string of the molecule is CNC(C)/C(N)=C/N(N)Cc1cn2cc(C3CC3)ccc2n1. The Hall–Kier alpha value is -2.05. The van der Waals surface area contributed by atoms with E-state index in [-0.39, 0.29) is 6.04 Å². The molecule has 0 aliphatic heterocycles. The Kier molecular flexibility index (Phi) is 4.04. The number of pyridine rings is 1. The third kappa shape index (κ3) is 3.23. The average Bonchev–Trinajstić information content (AvgIpc) is 3.26. The molecule has 1 aliphatic carbocycles. The average molecular weight is 300 g/mol. The number of nitrogens with two attached hydrogens (primary N) is 2. The summed E-state index contributed by atoms with van der Waals surface area (Å²) in [6, 6.07) is 4.34. The number of likely N-dealkylation sites (N-methyl/N-ethyl adjacent to an activating group) is 1. The highest BCUT2D eigenvalue weighted by Gasteiger charge is 2.23. The van der Waals surface area contributed by atoms with Crippen LogP contribution in [-0.4, -0.2) is 27.5 Å². The Balaban J connectivity index is 1.73. The van der Waals surface area contributed by atoms with Crippen molar-refractivity contribution in [2.75, 3.05) is 7.05 Å². The molecule has 2 heterocycles. The van der Waals surface area contributed by atoms with Crippen LogP contribution in [0.4, 0.5) is 0 Å². The Morgan fingerprint density at radius 1 is 1.50 bits per heavy atom. The van der Waals surface area contributed by atoms with Gasteiger partial charge < -0.3 is 20.5 Å². The van der Waals surface area contributed by atoms with Gasteiger partial charge in [-0.1, -0.05) is 6.07 Å². The zero-order valence-electron chi connectivity index (χ0n) is 13.2. The van der Waals surface area contributed by atoms with Gasteiger partial charge in [-0.05, 0) is 44.4 Å². The molecule has 1 unspecified atom stereocenters. The van der Waals surface area contributed by atoms with E-state index in [2.05, 4.69) is 33.0 Å². The molecule has 0 bridgehead atoms. The zero-order valence-corrected chi connectivity index (χ0v) is 13.2. The Bertz CT molecular complexity index is 685. The minimum atomic E-state index is 0.0909. The van der Waals surface area contributed by atoms with Crippen LogP contribution in [0.2, 0.25) is 0 Å². The molecule has 0 saturated heterocycles. The molecule has 1 atom stereocenters. The highest BCUT2D eigenvalue weighted by molar-refractivity contribution is 5.42. The number of nitrogens with one attached hydrogen (secondary N) is 1. The number of imidazole rings is 1. The quantitative estimate of drug-likeness (QED) is 0.553.